The van der Waals surface area contributed by atoms with Crippen molar-refractivity contribution in [3.05, 3.63) is 70.8 Å². The summed E-state index contributed by atoms with van der Waals surface area (Å²) < 4.78 is 5.28. The first-order chi connectivity index (χ1) is 10.1. The summed E-state index contributed by atoms with van der Waals surface area (Å²) in [6.45, 7) is 2.15. The van der Waals surface area contributed by atoms with Crippen LogP contribution in [0.15, 0.2) is 48.5 Å². The van der Waals surface area contributed by atoms with Crippen LogP contribution in [0.3, 0.4) is 0 Å². The fourth-order valence-corrected chi connectivity index (χ4v) is 2.62. The number of fused-ring (bicyclic) bond motifs is 1. The van der Waals surface area contributed by atoms with Crippen molar-refractivity contribution in [1.82, 2.24) is 0 Å². The maximum atomic E-state index is 12.3. The molecule has 0 aliphatic heterocycles. The largest absolute Gasteiger partial charge is 0.460 e. The molecule has 0 fully saturated rings. The summed E-state index contributed by atoms with van der Waals surface area (Å²) in [5.74, 6) is -1.24. The zero-order valence-electron chi connectivity index (χ0n) is 11.8. The summed E-state index contributed by atoms with van der Waals surface area (Å²) in [7, 11) is 0. The SMILES string of the molecule is Cc1ccc2c(c1)C(=O)C(C(=O)OCc1ccccc1)C2. The highest BCUT2D eigenvalue weighted by Gasteiger charge is 2.36. The van der Waals surface area contributed by atoms with E-state index < -0.39 is 11.9 Å². The van der Waals surface area contributed by atoms with Crippen LogP contribution >= 0.6 is 0 Å². The van der Waals surface area contributed by atoms with Gasteiger partial charge in [-0.25, -0.2) is 0 Å². The highest BCUT2D eigenvalue weighted by molar-refractivity contribution is 6.12. The lowest BCUT2D eigenvalue weighted by atomic mass is 10.1. The molecule has 1 aliphatic rings. The molecule has 0 N–H and O–H groups in total. The first-order valence-corrected chi connectivity index (χ1v) is 6.99. The van der Waals surface area contributed by atoms with Crippen LogP contribution in [-0.4, -0.2) is 11.8 Å². The van der Waals surface area contributed by atoms with E-state index in [1.54, 1.807) is 0 Å². The number of benzene rings is 2. The number of hydrogen-bond acceptors (Lipinski definition) is 3. The van der Waals surface area contributed by atoms with E-state index in [1.807, 2.05) is 55.5 Å². The van der Waals surface area contributed by atoms with Crippen LogP contribution in [-0.2, 0) is 22.6 Å². The third-order valence-electron chi connectivity index (χ3n) is 3.78. The molecule has 1 unspecified atom stereocenters. The molecule has 3 rings (SSSR count). The fraction of sp³-hybridized carbons (Fsp3) is 0.222. The normalized spacial score (nSPS) is 16.6. The average Bonchev–Trinajstić information content (AvgIpc) is 2.83. The van der Waals surface area contributed by atoms with Gasteiger partial charge < -0.3 is 4.74 Å². The second-order valence-electron chi connectivity index (χ2n) is 5.37. The first-order valence-electron chi connectivity index (χ1n) is 6.99. The highest BCUT2D eigenvalue weighted by atomic mass is 16.5. The lowest BCUT2D eigenvalue weighted by Crippen LogP contribution is -2.23. The van der Waals surface area contributed by atoms with Gasteiger partial charge in [-0.15, -0.1) is 0 Å². The van der Waals surface area contributed by atoms with E-state index in [0.717, 1.165) is 16.7 Å². The quantitative estimate of drug-likeness (QED) is 0.641. The minimum atomic E-state index is -0.689. The van der Waals surface area contributed by atoms with Gasteiger partial charge in [0.05, 0.1) is 0 Å². The standard InChI is InChI=1S/C18H16O3/c1-12-7-8-14-10-16(17(19)15(14)9-12)18(20)21-11-13-5-3-2-4-6-13/h2-9,16H,10-11H2,1H3. The van der Waals surface area contributed by atoms with E-state index in [1.165, 1.54) is 0 Å². The molecule has 21 heavy (non-hydrogen) atoms. The zero-order chi connectivity index (χ0) is 14.8. The molecule has 0 saturated carbocycles. The third-order valence-corrected chi connectivity index (χ3v) is 3.78. The maximum Gasteiger partial charge on any atom is 0.317 e. The molecule has 3 nitrogen and oxygen atoms in total. The number of hydrogen-bond donors (Lipinski definition) is 0. The molecule has 0 heterocycles. The van der Waals surface area contributed by atoms with Crippen molar-refractivity contribution < 1.29 is 14.3 Å². The van der Waals surface area contributed by atoms with Crippen molar-refractivity contribution in [2.75, 3.05) is 0 Å². The lowest BCUT2D eigenvalue weighted by molar-refractivity contribution is -0.147. The number of ether oxygens (including phenoxy) is 1. The molecule has 2 aromatic rings. The minimum Gasteiger partial charge on any atom is -0.460 e. The number of ketones is 1. The number of rotatable bonds is 3. The van der Waals surface area contributed by atoms with Crippen molar-refractivity contribution >= 4 is 11.8 Å². The smallest absolute Gasteiger partial charge is 0.317 e. The van der Waals surface area contributed by atoms with Gasteiger partial charge in [0.1, 0.15) is 12.5 Å². The second-order valence-corrected chi connectivity index (χ2v) is 5.37. The van der Waals surface area contributed by atoms with E-state index >= 15 is 0 Å². The van der Waals surface area contributed by atoms with Gasteiger partial charge in [-0.3, -0.25) is 9.59 Å². The van der Waals surface area contributed by atoms with Gasteiger partial charge in [0.2, 0.25) is 0 Å². The minimum absolute atomic E-state index is 0.119. The first kappa shape index (κ1) is 13.6. The summed E-state index contributed by atoms with van der Waals surface area (Å²) in [6.07, 6.45) is 0.446. The number of Topliss-reactive ketones (excluding diaryl/α,β-unsaturated/α-hetero) is 1. The highest BCUT2D eigenvalue weighted by Crippen LogP contribution is 2.28. The molecule has 0 radical (unpaired) electrons. The van der Waals surface area contributed by atoms with Crippen molar-refractivity contribution in [3.8, 4) is 0 Å². The topological polar surface area (TPSA) is 43.4 Å². The summed E-state index contributed by atoms with van der Waals surface area (Å²) in [5, 5.41) is 0. The fourth-order valence-electron chi connectivity index (χ4n) is 2.62. The second kappa shape index (κ2) is 5.52. The summed E-state index contributed by atoms with van der Waals surface area (Å²) in [5.41, 5.74) is 3.55. The van der Waals surface area contributed by atoms with Crippen molar-refractivity contribution in [1.29, 1.82) is 0 Å². The van der Waals surface area contributed by atoms with E-state index in [-0.39, 0.29) is 12.4 Å². The molecule has 1 atom stereocenters. The van der Waals surface area contributed by atoms with E-state index in [9.17, 15) is 9.59 Å². The number of carbonyl (C=O) groups excluding carboxylic acids is 2. The average molecular weight is 280 g/mol. The predicted molar refractivity (Wildman–Crippen MR) is 78.9 cm³/mol. The van der Waals surface area contributed by atoms with Crippen LogP contribution in [0, 0.1) is 12.8 Å². The van der Waals surface area contributed by atoms with Crippen LogP contribution in [0.4, 0.5) is 0 Å². The Morgan fingerprint density at radius 3 is 2.71 bits per heavy atom. The van der Waals surface area contributed by atoms with Crippen molar-refractivity contribution in [2.45, 2.75) is 20.0 Å². The van der Waals surface area contributed by atoms with Gasteiger partial charge in [-0.05, 0) is 30.5 Å². The van der Waals surface area contributed by atoms with E-state index in [2.05, 4.69) is 0 Å². The Balaban J connectivity index is 1.68. The third kappa shape index (κ3) is 2.72. The Hall–Kier alpha value is -2.42. The zero-order valence-corrected chi connectivity index (χ0v) is 11.8. The molecule has 1 aliphatic carbocycles. The van der Waals surface area contributed by atoms with E-state index in [4.69, 9.17) is 4.74 Å². The van der Waals surface area contributed by atoms with E-state index in [0.29, 0.717) is 12.0 Å². The lowest BCUT2D eigenvalue weighted by Gasteiger charge is -2.08. The van der Waals surface area contributed by atoms with Gasteiger partial charge >= 0.3 is 5.97 Å². The van der Waals surface area contributed by atoms with Crippen LogP contribution in [0.1, 0.15) is 27.0 Å². The Kier molecular flexibility index (Phi) is 3.57. The maximum absolute atomic E-state index is 12.3. The molecule has 0 amide bonds. The van der Waals surface area contributed by atoms with Gasteiger partial charge in [0, 0.05) is 5.56 Å². The Bertz CT molecular complexity index is 689. The monoisotopic (exact) mass is 280 g/mol. The number of aryl methyl sites for hydroxylation is 1. The molecule has 0 aromatic heterocycles. The van der Waals surface area contributed by atoms with Crippen molar-refractivity contribution in [3.63, 3.8) is 0 Å². The number of esters is 1. The predicted octanol–water partition coefficient (Wildman–Crippen LogP) is 3.09. The molecule has 2 aromatic carbocycles. The van der Waals surface area contributed by atoms with Gasteiger partial charge in [-0.1, -0.05) is 48.0 Å². The Morgan fingerprint density at radius 2 is 1.95 bits per heavy atom. The summed E-state index contributed by atoms with van der Waals surface area (Å²) in [6, 6.07) is 15.2. The van der Waals surface area contributed by atoms with Gasteiger partial charge in [0.15, 0.2) is 5.78 Å². The molecule has 106 valence electrons. The van der Waals surface area contributed by atoms with Crippen LogP contribution in [0.2, 0.25) is 0 Å². The Morgan fingerprint density at radius 1 is 1.19 bits per heavy atom. The van der Waals surface area contributed by atoms with Gasteiger partial charge in [0.25, 0.3) is 0 Å². The van der Waals surface area contributed by atoms with Crippen LogP contribution < -0.4 is 0 Å². The molecule has 0 bridgehead atoms. The molecular formula is C18H16O3. The molecular weight excluding hydrogens is 264 g/mol. The number of carbonyl (C=O) groups is 2. The van der Waals surface area contributed by atoms with Gasteiger partial charge in [-0.2, -0.15) is 0 Å². The summed E-state index contributed by atoms with van der Waals surface area (Å²) in [4.78, 5) is 24.4. The van der Waals surface area contributed by atoms with Crippen LogP contribution in [0.25, 0.3) is 0 Å². The summed E-state index contributed by atoms with van der Waals surface area (Å²) >= 11 is 0. The molecule has 3 heteroatoms. The van der Waals surface area contributed by atoms with Crippen molar-refractivity contribution in [2.24, 2.45) is 5.92 Å². The Labute approximate surface area is 123 Å². The van der Waals surface area contributed by atoms with Crippen LogP contribution in [0.5, 0.6) is 0 Å². The molecule has 0 spiro atoms. The molecule has 0 saturated heterocycles.